The molecule has 1 aliphatic rings. The van der Waals surface area contributed by atoms with Gasteiger partial charge in [0.25, 0.3) is 0 Å². The van der Waals surface area contributed by atoms with Crippen LogP contribution in [0.25, 0.3) is 0 Å². The van der Waals surface area contributed by atoms with Gasteiger partial charge in [-0.1, -0.05) is 0 Å². The fourth-order valence-corrected chi connectivity index (χ4v) is 4.35. The minimum Gasteiger partial charge on any atom is -0.472 e. The van der Waals surface area contributed by atoms with Crippen LogP contribution in [0.1, 0.15) is 6.42 Å². The highest BCUT2D eigenvalue weighted by Crippen LogP contribution is 2.28. The monoisotopic (exact) mass is 418 g/mol. The lowest BCUT2D eigenvalue weighted by Crippen LogP contribution is -2.31. The molecule has 1 aromatic heterocycles. The van der Waals surface area contributed by atoms with Crippen LogP contribution in [0.4, 0.5) is 8.78 Å². The lowest BCUT2D eigenvalue weighted by atomic mass is 10.3. The maximum absolute atomic E-state index is 13.8. The number of pyridine rings is 1. The third kappa shape index (κ3) is 3.42. The van der Waals surface area contributed by atoms with E-state index >= 15 is 0 Å². The summed E-state index contributed by atoms with van der Waals surface area (Å²) >= 11 is 3.30. The van der Waals surface area contributed by atoms with Crippen LogP contribution in [-0.4, -0.2) is 36.9 Å². The average molecular weight is 419 g/mol. The summed E-state index contributed by atoms with van der Waals surface area (Å²) in [5, 5.41) is 0. The molecule has 1 fully saturated rings. The number of rotatable bonds is 4. The molecule has 5 nitrogen and oxygen atoms in total. The smallest absolute Gasteiger partial charge is 0.246 e. The van der Waals surface area contributed by atoms with Crippen LogP contribution in [0.3, 0.4) is 0 Å². The standard InChI is InChI=1S/C15H13BrF2N2O3S/c16-12-2-1-6-19-15(12)23-11-5-7-20(9-11)24(21,22)14-8-10(17)3-4-13(14)18/h1-4,6,8,11H,5,7,9H2. The summed E-state index contributed by atoms with van der Waals surface area (Å²) in [6, 6.07) is 5.86. The number of sulfonamides is 1. The maximum Gasteiger partial charge on any atom is 0.246 e. The Labute approximate surface area is 146 Å². The van der Waals surface area contributed by atoms with Crippen molar-refractivity contribution in [2.24, 2.45) is 0 Å². The van der Waals surface area contributed by atoms with E-state index in [9.17, 15) is 17.2 Å². The number of ether oxygens (including phenoxy) is 1. The largest absolute Gasteiger partial charge is 0.472 e. The third-order valence-electron chi connectivity index (χ3n) is 3.62. The summed E-state index contributed by atoms with van der Waals surface area (Å²) in [6.45, 7) is 0.203. The van der Waals surface area contributed by atoms with E-state index in [1.54, 1.807) is 18.3 Å². The van der Waals surface area contributed by atoms with E-state index in [4.69, 9.17) is 4.74 Å². The Morgan fingerprint density at radius 3 is 2.83 bits per heavy atom. The molecule has 0 amide bonds. The summed E-state index contributed by atoms with van der Waals surface area (Å²) in [7, 11) is -4.12. The second-order valence-corrected chi connectivity index (χ2v) is 8.02. The predicted octanol–water partition coefficient (Wildman–Crippen LogP) is 2.96. The highest BCUT2D eigenvalue weighted by Gasteiger charge is 2.35. The molecule has 0 bridgehead atoms. The van der Waals surface area contributed by atoms with Gasteiger partial charge in [0.15, 0.2) is 0 Å². The lowest BCUT2D eigenvalue weighted by molar-refractivity contribution is 0.205. The second-order valence-electron chi connectivity index (χ2n) is 5.26. The maximum atomic E-state index is 13.8. The van der Waals surface area contributed by atoms with E-state index in [0.717, 1.165) is 16.4 Å². The van der Waals surface area contributed by atoms with Crippen molar-refractivity contribution >= 4 is 26.0 Å². The van der Waals surface area contributed by atoms with Crippen LogP contribution in [0, 0.1) is 11.6 Å². The minimum absolute atomic E-state index is 0.0430. The summed E-state index contributed by atoms with van der Waals surface area (Å²) < 4.78 is 59.5. The molecular weight excluding hydrogens is 406 g/mol. The van der Waals surface area contributed by atoms with Crippen molar-refractivity contribution in [3.63, 3.8) is 0 Å². The predicted molar refractivity (Wildman–Crippen MR) is 86.1 cm³/mol. The van der Waals surface area contributed by atoms with Crippen LogP contribution in [0.5, 0.6) is 5.88 Å². The first-order chi connectivity index (χ1) is 11.4. The molecule has 0 saturated carbocycles. The zero-order valence-electron chi connectivity index (χ0n) is 12.3. The van der Waals surface area contributed by atoms with Gasteiger partial charge in [-0.2, -0.15) is 4.31 Å². The summed E-state index contributed by atoms with van der Waals surface area (Å²) in [5.41, 5.74) is 0. The molecule has 24 heavy (non-hydrogen) atoms. The van der Waals surface area contributed by atoms with Gasteiger partial charge in [0, 0.05) is 12.7 Å². The van der Waals surface area contributed by atoms with Gasteiger partial charge in [0.2, 0.25) is 15.9 Å². The van der Waals surface area contributed by atoms with Gasteiger partial charge in [-0.25, -0.2) is 22.2 Å². The molecular formula is C15H13BrF2N2O3S. The van der Waals surface area contributed by atoms with Gasteiger partial charge in [-0.15, -0.1) is 0 Å². The van der Waals surface area contributed by atoms with E-state index in [1.165, 1.54) is 0 Å². The van der Waals surface area contributed by atoms with Crippen molar-refractivity contribution < 1.29 is 21.9 Å². The number of hydrogen-bond donors (Lipinski definition) is 0. The molecule has 1 aliphatic heterocycles. The molecule has 0 spiro atoms. The van der Waals surface area contributed by atoms with E-state index in [2.05, 4.69) is 20.9 Å². The van der Waals surface area contributed by atoms with Gasteiger partial charge in [0.05, 0.1) is 11.0 Å². The number of benzene rings is 1. The van der Waals surface area contributed by atoms with Crippen LogP contribution in [0.2, 0.25) is 0 Å². The Bertz CT molecular complexity index is 864. The first kappa shape index (κ1) is 17.2. The quantitative estimate of drug-likeness (QED) is 0.765. The molecule has 3 rings (SSSR count). The van der Waals surface area contributed by atoms with Crippen LogP contribution in [0.15, 0.2) is 45.9 Å². The molecule has 0 N–H and O–H groups in total. The molecule has 1 atom stereocenters. The Kier molecular flexibility index (Phi) is 4.84. The molecule has 1 aromatic carbocycles. The van der Waals surface area contributed by atoms with Crippen molar-refractivity contribution in [3.8, 4) is 5.88 Å². The lowest BCUT2D eigenvalue weighted by Gasteiger charge is -2.17. The van der Waals surface area contributed by atoms with Crippen molar-refractivity contribution in [3.05, 3.63) is 52.6 Å². The van der Waals surface area contributed by atoms with E-state index in [1.807, 2.05) is 0 Å². The molecule has 1 unspecified atom stereocenters. The fraction of sp³-hybridized carbons (Fsp3) is 0.267. The van der Waals surface area contributed by atoms with Gasteiger partial charge >= 0.3 is 0 Å². The number of hydrogen-bond acceptors (Lipinski definition) is 4. The Morgan fingerprint density at radius 2 is 2.08 bits per heavy atom. The zero-order valence-corrected chi connectivity index (χ0v) is 14.7. The first-order valence-electron chi connectivity index (χ1n) is 7.10. The van der Waals surface area contributed by atoms with E-state index < -0.39 is 32.7 Å². The normalized spacial score (nSPS) is 18.7. The molecule has 0 aliphatic carbocycles. The molecule has 9 heteroatoms. The summed E-state index contributed by atoms with van der Waals surface area (Å²) in [6.07, 6.45) is 1.58. The Balaban J connectivity index is 1.77. The molecule has 2 heterocycles. The molecule has 0 radical (unpaired) electrons. The van der Waals surface area contributed by atoms with Crippen molar-refractivity contribution in [2.45, 2.75) is 17.4 Å². The van der Waals surface area contributed by atoms with Gasteiger partial charge in [-0.05, 0) is 52.7 Å². The Hall–Kier alpha value is -1.58. The van der Waals surface area contributed by atoms with Crippen LogP contribution < -0.4 is 4.74 Å². The summed E-state index contributed by atoms with van der Waals surface area (Å²) in [4.78, 5) is 3.40. The van der Waals surface area contributed by atoms with Crippen molar-refractivity contribution in [1.29, 1.82) is 0 Å². The number of nitrogens with zero attached hydrogens (tertiary/aromatic N) is 2. The van der Waals surface area contributed by atoms with Gasteiger partial charge in [0.1, 0.15) is 22.6 Å². The van der Waals surface area contributed by atoms with Crippen molar-refractivity contribution in [2.75, 3.05) is 13.1 Å². The Morgan fingerprint density at radius 1 is 1.29 bits per heavy atom. The van der Waals surface area contributed by atoms with E-state index in [-0.39, 0.29) is 13.1 Å². The van der Waals surface area contributed by atoms with Gasteiger partial charge in [-0.3, -0.25) is 0 Å². The van der Waals surface area contributed by atoms with Crippen LogP contribution in [-0.2, 0) is 10.0 Å². The number of halogens is 3. The average Bonchev–Trinajstić information content (AvgIpc) is 3.01. The fourth-order valence-electron chi connectivity index (χ4n) is 2.44. The molecule has 128 valence electrons. The molecule has 1 saturated heterocycles. The van der Waals surface area contributed by atoms with E-state index in [0.29, 0.717) is 22.8 Å². The first-order valence-corrected chi connectivity index (χ1v) is 9.33. The third-order valence-corrected chi connectivity index (χ3v) is 6.11. The van der Waals surface area contributed by atoms with Gasteiger partial charge < -0.3 is 4.74 Å². The van der Waals surface area contributed by atoms with Crippen LogP contribution >= 0.6 is 15.9 Å². The van der Waals surface area contributed by atoms with Crippen molar-refractivity contribution in [1.82, 2.24) is 9.29 Å². The molecule has 2 aromatic rings. The topological polar surface area (TPSA) is 59.5 Å². The number of aromatic nitrogens is 1. The highest BCUT2D eigenvalue weighted by atomic mass is 79.9. The summed E-state index contributed by atoms with van der Waals surface area (Å²) in [5.74, 6) is -1.42. The second kappa shape index (κ2) is 6.73. The minimum atomic E-state index is -4.12. The SMILES string of the molecule is O=S(=O)(c1cc(F)ccc1F)N1CCC(Oc2ncccc2Br)C1. The zero-order chi connectivity index (χ0) is 17.3. The highest BCUT2D eigenvalue weighted by molar-refractivity contribution is 9.10.